The molecule has 170 valence electrons. The number of hydrogen-bond acceptors (Lipinski definition) is 6. The lowest BCUT2D eigenvalue weighted by atomic mass is 10.0. The molecule has 1 saturated heterocycles. The van der Waals surface area contributed by atoms with Crippen LogP contribution in [0.3, 0.4) is 0 Å². The number of anilines is 1. The molecule has 32 heavy (non-hydrogen) atoms. The predicted molar refractivity (Wildman–Crippen MR) is 130 cm³/mol. The second-order valence-corrected chi connectivity index (χ2v) is 7.69. The largest absolute Gasteiger partial charge is 0.497 e. The van der Waals surface area contributed by atoms with Gasteiger partial charge in [0.2, 0.25) is 5.95 Å². The summed E-state index contributed by atoms with van der Waals surface area (Å²) in [6, 6.07) is 18.5. The minimum absolute atomic E-state index is 0. The summed E-state index contributed by atoms with van der Waals surface area (Å²) in [7, 11) is 1.71. The maximum atomic E-state index is 6.18. The van der Waals surface area contributed by atoms with Crippen molar-refractivity contribution in [3.8, 4) is 11.5 Å². The van der Waals surface area contributed by atoms with E-state index < -0.39 is 0 Å². The molecule has 4 rings (SSSR count). The fraction of sp³-hybridized carbons (Fsp3) is 0.360. The van der Waals surface area contributed by atoms with E-state index in [0.29, 0.717) is 6.61 Å². The quantitative estimate of drug-likeness (QED) is 0.489. The molecule has 2 aromatic carbocycles. The summed E-state index contributed by atoms with van der Waals surface area (Å²) in [6.45, 7) is 5.51. The summed E-state index contributed by atoms with van der Waals surface area (Å²) in [6.07, 6.45) is 5.50. The highest BCUT2D eigenvalue weighted by molar-refractivity contribution is 5.85. The molecule has 1 aliphatic rings. The van der Waals surface area contributed by atoms with Crippen LogP contribution in [0.2, 0.25) is 0 Å². The SMILES string of the molecule is COc1cccc(CCc2ccccc2OCCN2CCN(c3ncccn3)CC2)c1.Cl. The van der Waals surface area contributed by atoms with Gasteiger partial charge in [-0.25, -0.2) is 9.97 Å². The third kappa shape index (κ3) is 6.58. The Balaban J connectivity index is 0.00000289. The minimum atomic E-state index is 0. The molecule has 0 unspecified atom stereocenters. The fourth-order valence-electron chi connectivity index (χ4n) is 3.87. The summed E-state index contributed by atoms with van der Waals surface area (Å²) in [5.41, 5.74) is 2.52. The van der Waals surface area contributed by atoms with Crippen molar-refractivity contribution in [2.24, 2.45) is 0 Å². The minimum Gasteiger partial charge on any atom is -0.497 e. The first-order valence-electron chi connectivity index (χ1n) is 10.9. The molecule has 0 radical (unpaired) electrons. The molecule has 2 heterocycles. The maximum Gasteiger partial charge on any atom is 0.225 e. The molecule has 0 bridgehead atoms. The van der Waals surface area contributed by atoms with Crippen molar-refractivity contribution in [3.63, 3.8) is 0 Å². The number of aromatic nitrogens is 2. The van der Waals surface area contributed by atoms with Gasteiger partial charge in [0.05, 0.1) is 7.11 Å². The standard InChI is InChI=1S/C25H30N4O2.ClH/c1-30-23-8-4-6-21(20-23)10-11-22-7-2-3-9-24(22)31-19-18-28-14-16-29(17-15-28)25-26-12-5-13-27-25;/h2-9,12-13,20H,10-11,14-19H2,1H3;1H. The van der Waals surface area contributed by atoms with Crippen LogP contribution >= 0.6 is 12.4 Å². The monoisotopic (exact) mass is 454 g/mol. The van der Waals surface area contributed by atoms with Gasteiger partial charge in [-0.05, 0) is 48.2 Å². The van der Waals surface area contributed by atoms with Crippen LogP contribution in [0.25, 0.3) is 0 Å². The van der Waals surface area contributed by atoms with Gasteiger partial charge in [0.1, 0.15) is 18.1 Å². The normalized spacial score (nSPS) is 14.0. The van der Waals surface area contributed by atoms with E-state index >= 15 is 0 Å². The van der Waals surface area contributed by atoms with Gasteiger partial charge in [0, 0.05) is 45.1 Å². The molecule has 6 nitrogen and oxygen atoms in total. The van der Waals surface area contributed by atoms with Gasteiger partial charge in [-0.2, -0.15) is 0 Å². The van der Waals surface area contributed by atoms with Crippen molar-refractivity contribution < 1.29 is 9.47 Å². The lowest BCUT2D eigenvalue weighted by molar-refractivity contribution is 0.199. The van der Waals surface area contributed by atoms with Crippen LogP contribution in [0.1, 0.15) is 11.1 Å². The average Bonchev–Trinajstić information content (AvgIpc) is 2.84. The molecule has 1 aliphatic heterocycles. The first-order chi connectivity index (χ1) is 15.3. The second-order valence-electron chi connectivity index (χ2n) is 7.69. The number of piperazine rings is 1. The molecule has 0 saturated carbocycles. The zero-order valence-electron chi connectivity index (χ0n) is 18.5. The first kappa shape index (κ1) is 23.8. The summed E-state index contributed by atoms with van der Waals surface area (Å²) >= 11 is 0. The number of ether oxygens (including phenoxy) is 2. The molecule has 0 N–H and O–H groups in total. The summed E-state index contributed by atoms with van der Waals surface area (Å²) in [5, 5.41) is 0. The number of para-hydroxylation sites is 1. The van der Waals surface area contributed by atoms with E-state index in [1.54, 1.807) is 19.5 Å². The van der Waals surface area contributed by atoms with Gasteiger partial charge in [0.25, 0.3) is 0 Å². The Morgan fingerprint density at radius 2 is 1.66 bits per heavy atom. The van der Waals surface area contributed by atoms with Gasteiger partial charge in [-0.15, -0.1) is 12.4 Å². The average molecular weight is 455 g/mol. The zero-order valence-corrected chi connectivity index (χ0v) is 19.3. The van der Waals surface area contributed by atoms with E-state index in [4.69, 9.17) is 9.47 Å². The highest BCUT2D eigenvalue weighted by Crippen LogP contribution is 2.21. The number of nitrogens with zero attached hydrogens (tertiary/aromatic N) is 4. The van der Waals surface area contributed by atoms with E-state index in [-0.39, 0.29) is 12.4 Å². The van der Waals surface area contributed by atoms with Gasteiger partial charge in [0.15, 0.2) is 0 Å². The molecule has 0 aliphatic carbocycles. The number of hydrogen-bond donors (Lipinski definition) is 0. The van der Waals surface area contributed by atoms with Crippen molar-refractivity contribution >= 4 is 18.4 Å². The van der Waals surface area contributed by atoms with Crippen LogP contribution in [0.5, 0.6) is 11.5 Å². The lowest BCUT2D eigenvalue weighted by Crippen LogP contribution is -2.48. The lowest BCUT2D eigenvalue weighted by Gasteiger charge is -2.34. The van der Waals surface area contributed by atoms with Crippen LogP contribution < -0.4 is 14.4 Å². The van der Waals surface area contributed by atoms with Crippen molar-refractivity contribution in [1.29, 1.82) is 0 Å². The Morgan fingerprint density at radius 1 is 0.875 bits per heavy atom. The van der Waals surface area contributed by atoms with Gasteiger partial charge in [-0.3, -0.25) is 4.90 Å². The van der Waals surface area contributed by atoms with Crippen molar-refractivity contribution in [3.05, 3.63) is 78.1 Å². The second kappa shape index (κ2) is 12.3. The molecule has 7 heteroatoms. The first-order valence-corrected chi connectivity index (χ1v) is 10.9. The molecular weight excluding hydrogens is 424 g/mol. The summed E-state index contributed by atoms with van der Waals surface area (Å²) in [5.74, 6) is 2.71. The topological polar surface area (TPSA) is 50.7 Å². The fourth-order valence-corrected chi connectivity index (χ4v) is 3.87. The van der Waals surface area contributed by atoms with E-state index in [0.717, 1.165) is 63.0 Å². The number of aryl methyl sites for hydroxylation is 2. The number of halogens is 1. The molecule has 1 fully saturated rings. The Labute approximate surface area is 196 Å². The van der Waals surface area contributed by atoms with E-state index in [1.165, 1.54) is 11.1 Å². The molecule has 0 amide bonds. The van der Waals surface area contributed by atoms with E-state index in [9.17, 15) is 0 Å². The van der Waals surface area contributed by atoms with E-state index in [1.807, 2.05) is 24.3 Å². The van der Waals surface area contributed by atoms with Crippen molar-refractivity contribution in [1.82, 2.24) is 14.9 Å². The summed E-state index contributed by atoms with van der Waals surface area (Å²) < 4.78 is 11.5. The van der Waals surface area contributed by atoms with Gasteiger partial charge in [-0.1, -0.05) is 30.3 Å². The van der Waals surface area contributed by atoms with Crippen LogP contribution in [0.4, 0.5) is 5.95 Å². The van der Waals surface area contributed by atoms with Crippen molar-refractivity contribution in [2.75, 3.05) is 51.3 Å². The number of rotatable bonds is 9. The summed E-state index contributed by atoms with van der Waals surface area (Å²) in [4.78, 5) is 13.4. The van der Waals surface area contributed by atoms with Gasteiger partial charge >= 0.3 is 0 Å². The van der Waals surface area contributed by atoms with Crippen molar-refractivity contribution in [2.45, 2.75) is 12.8 Å². The van der Waals surface area contributed by atoms with Crippen LogP contribution in [-0.4, -0.2) is 61.3 Å². The molecule has 3 aromatic rings. The Hall–Kier alpha value is -2.83. The highest BCUT2D eigenvalue weighted by atomic mass is 35.5. The van der Waals surface area contributed by atoms with Crippen LogP contribution in [0.15, 0.2) is 67.0 Å². The smallest absolute Gasteiger partial charge is 0.225 e. The Kier molecular flexibility index (Phi) is 9.13. The van der Waals surface area contributed by atoms with Crippen LogP contribution in [0, 0.1) is 0 Å². The third-order valence-corrected chi connectivity index (χ3v) is 5.66. The Bertz CT molecular complexity index is 949. The zero-order chi connectivity index (χ0) is 21.3. The predicted octanol–water partition coefficient (Wildman–Crippen LogP) is 3.89. The van der Waals surface area contributed by atoms with E-state index in [2.05, 4.69) is 50.1 Å². The Morgan fingerprint density at radius 3 is 2.44 bits per heavy atom. The molecular formula is C25H31ClN4O2. The molecule has 1 aromatic heterocycles. The maximum absolute atomic E-state index is 6.18. The van der Waals surface area contributed by atoms with Crippen LogP contribution in [-0.2, 0) is 12.8 Å². The molecule has 0 atom stereocenters. The number of methoxy groups -OCH3 is 1. The molecule has 0 spiro atoms. The number of benzene rings is 2. The third-order valence-electron chi connectivity index (χ3n) is 5.66. The highest BCUT2D eigenvalue weighted by Gasteiger charge is 2.18. The van der Waals surface area contributed by atoms with Gasteiger partial charge < -0.3 is 14.4 Å².